The third-order valence-corrected chi connectivity index (χ3v) is 2.05. The third-order valence-electron chi connectivity index (χ3n) is 2.05. The predicted molar refractivity (Wildman–Crippen MR) is 51.5 cm³/mol. The zero-order valence-electron chi connectivity index (χ0n) is 8.68. The second-order valence-electron chi connectivity index (χ2n) is 3.52. The Morgan fingerprint density at radius 3 is 2.41 bits per heavy atom. The number of hydrogen-bond donors (Lipinski definition) is 2. The largest absolute Gasteiger partial charge is 0.415 e. The SMILES string of the molecule is CC(N)(C(=O)Nc1ccc(F)nc1)C(F)(F)F. The molecule has 4 nitrogen and oxygen atoms in total. The standard InChI is InChI=1S/C9H9F4N3O/c1-8(14,9(11,12)13)7(17)16-5-2-3-6(10)15-4-5/h2-4H,14H2,1H3,(H,16,17). The lowest BCUT2D eigenvalue weighted by Crippen LogP contribution is -2.59. The number of nitrogens with two attached hydrogens (primary N) is 1. The molecule has 1 heterocycles. The fourth-order valence-electron chi connectivity index (χ4n) is 0.839. The molecule has 94 valence electrons. The molecule has 1 rings (SSSR count). The van der Waals surface area contributed by atoms with Crippen LogP contribution in [0.25, 0.3) is 0 Å². The van der Waals surface area contributed by atoms with Crippen LogP contribution in [0.15, 0.2) is 18.3 Å². The third kappa shape index (κ3) is 2.90. The van der Waals surface area contributed by atoms with Crippen LogP contribution in [0, 0.1) is 5.95 Å². The summed E-state index contributed by atoms with van der Waals surface area (Å²) in [7, 11) is 0. The number of aromatic nitrogens is 1. The number of pyridine rings is 1. The van der Waals surface area contributed by atoms with E-state index in [1.807, 2.05) is 5.32 Å². The Morgan fingerprint density at radius 1 is 1.41 bits per heavy atom. The summed E-state index contributed by atoms with van der Waals surface area (Å²) in [4.78, 5) is 14.5. The number of hydrogen-bond acceptors (Lipinski definition) is 3. The van der Waals surface area contributed by atoms with Crippen LogP contribution in [0.2, 0.25) is 0 Å². The van der Waals surface area contributed by atoms with Crippen LogP contribution < -0.4 is 11.1 Å². The molecular weight excluding hydrogens is 242 g/mol. The fraction of sp³-hybridized carbons (Fsp3) is 0.333. The lowest BCUT2D eigenvalue weighted by Gasteiger charge is -2.25. The number of rotatable bonds is 2. The number of alkyl halides is 3. The molecule has 0 radical (unpaired) electrons. The average Bonchev–Trinajstić information content (AvgIpc) is 2.19. The quantitative estimate of drug-likeness (QED) is 0.617. The lowest BCUT2D eigenvalue weighted by atomic mass is 10.0. The smallest absolute Gasteiger partial charge is 0.323 e. The predicted octanol–water partition coefficient (Wildman–Crippen LogP) is 1.44. The molecule has 0 saturated heterocycles. The van der Waals surface area contributed by atoms with Gasteiger partial charge in [-0.15, -0.1) is 0 Å². The van der Waals surface area contributed by atoms with E-state index < -0.39 is 23.6 Å². The number of nitrogens with one attached hydrogen (secondary N) is 1. The first-order valence-electron chi connectivity index (χ1n) is 4.43. The minimum Gasteiger partial charge on any atom is -0.323 e. The van der Waals surface area contributed by atoms with Crippen LogP contribution in [0.3, 0.4) is 0 Å². The molecule has 0 saturated carbocycles. The van der Waals surface area contributed by atoms with Crippen LogP contribution in [-0.4, -0.2) is 22.6 Å². The molecule has 3 N–H and O–H groups in total. The molecule has 0 spiro atoms. The van der Waals surface area contributed by atoms with Crippen molar-refractivity contribution < 1.29 is 22.4 Å². The number of carbonyl (C=O) groups excluding carboxylic acids is 1. The zero-order valence-corrected chi connectivity index (χ0v) is 8.68. The molecule has 0 bridgehead atoms. The van der Waals surface area contributed by atoms with Crippen molar-refractivity contribution in [2.45, 2.75) is 18.6 Å². The van der Waals surface area contributed by atoms with Crippen LogP contribution in [0.4, 0.5) is 23.2 Å². The van der Waals surface area contributed by atoms with Crippen molar-refractivity contribution in [2.24, 2.45) is 5.73 Å². The van der Waals surface area contributed by atoms with E-state index in [2.05, 4.69) is 4.98 Å². The molecular formula is C9H9F4N3O. The molecule has 1 aromatic rings. The molecule has 8 heteroatoms. The van der Waals surface area contributed by atoms with Crippen LogP contribution in [-0.2, 0) is 4.79 Å². The van der Waals surface area contributed by atoms with Crippen molar-refractivity contribution >= 4 is 11.6 Å². The minimum atomic E-state index is -4.88. The molecule has 0 aliphatic carbocycles. The van der Waals surface area contributed by atoms with E-state index in [1.54, 1.807) is 0 Å². The fourth-order valence-corrected chi connectivity index (χ4v) is 0.839. The maximum Gasteiger partial charge on any atom is 0.415 e. The highest BCUT2D eigenvalue weighted by atomic mass is 19.4. The van der Waals surface area contributed by atoms with Crippen LogP contribution in [0.1, 0.15) is 6.92 Å². The van der Waals surface area contributed by atoms with E-state index in [-0.39, 0.29) is 5.69 Å². The van der Waals surface area contributed by atoms with Gasteiger partial charge in [-0.25, -0.2) is 4.98 Å². The lowest BCUT2D eigenvalue weighted by molar-refractivity contribution is -0.184. The summed E-state index contributed by atoms with van der Waals surface area (Å²) in [5.41, 5.74) is 1.79. The van der Waals surface area contributed by atoms with Gasteiger partial charge >= 0.3 is 6.18 Å². The first-order valence-corrected chi connectivity index (χ1v) is 4.43. The summed E-state index contributed by atoms with van der Waals surface area (Å²) in [5, 5.41) is 1.90. The van der Waals surface area contributed by atoms with Gasteiger partial charge in [0.15, 0.2) is 5.54 Å². The van der Waals surface area contributed by atoms with Crippen molar-refractivity contribution in [1.29, 1.82) is 0 Å². The van der Waals surface area contributed by atoms with Crippen molar-refractivity contribution in [3.8, 4) is 0 Å². The number of amides is 1. The highest BCUT2D eigenvalue weighted by Crippen LogP contribution is 2.28. The van der Waals surface area contributed by atoms with Gasteiger partial charge in [-0.1, -0.05) is 0 Å². The summed E-state index contributed by atoms with van der Waals surface area (Å²) in [6, 6.07) is 1.98. The van der Waals surface area contributed by atoms with Gasteiger partial charge in [-0.2, -0.15) is 17.6 Å². The number of halogens is 4. The highest BCUT2D eigenvalue weighted by Gasteiger charge is 2.53. The Morgan fingerprint density at radius 2 is 2.00 bits per heavy atom. The number of anilines is 1. The molecule has 1 atom stereocenters. The van der Waals surface area contributed by atoms with E-state index in [0.717, 1.165) is 18.3 Å². The molecule has 1 amide bonds. The second kappa shape index (κ2) is 4.28. The molecule has 17 heavy (non-hydrogen) atoms. The van der Waals surface area contributed by atoms with Gasteiger partial charge in [-0.05, 0) is 19.1 Å². The first kappa shape index (κ1) is 13.4. The maximum atomic E-state index is 12.4. The second-order valence-corrected chi connectivity index (χ2v) is 3.52. The Kier molecular flexibility index (Phi) is 3.37. The van der Waals surface area contributed by atoms with Gasteiger partial charge in [0.05, 0.1) is 11.9 Å². The molecule has 0 fully saturated rings. The van der Waals surface area contributed by atoms with E-state index in [1.165, 1.54) is 0 Å². The minimum absolute atomic E-state index is 0.0719. The van der Waals surface area contributed by atoms with Crippen molar-refractivity contribution in [3.63, 3.8) is 0 Å². The monoisotopic (exact) mass is 251 g/mol. The Balaban J connectivity index is 2.83. The normalized spacial score (nSPS) is 15.2. The van der Waals surface area contributed by atoms with E-state index >= 15 is 0 Å². The van der Waals surface area contributed by atoms with E-state index in [9.17, 15) is 22.4 Å². The van der Waals surface area contributed by atoms with Gasteiger partial charge in [0, 0.05) is 0 Å². The zero-order chi connectivity index (χ0) is 13.3. The average molecular weight is 251 g/mol. The summed E-state index contributed by atoms with van der Waals surface area (Å²) in [5.74, 6) is -2.26. The molecule has 1 unspecified atom stereocenters. The Hall–Kier alpha value is -1.70. The van der Waals surface area contributed by atoms with E-state index in [4.69, 9.17) is 5.73 Å². The summed E-state index contributed by atoms with van der Waals surface area (Å²) in [6.45, 7) is 0.541. The highest BCUT2D eigenvalue weighted by molar-refractivity contribution is 5.98. The number of nitrogens with zero attached hydrogens (tertiary/aromatic N) is 1. The van der Waals surface area contributed by atoms with Crippen molar-refractivity contribution in [2.75, 3.05) is 5.32 Å². The number of carbonyl (C=O) groups is 1. The maximum absolute atomic E-state index is 12.4. The van der Waals surface area contributed by atoms with Crippen LogP contribution in [0.5, 0.6) is 0 Å². The van der Waals surface area contributed by atoms with Gasteiger partial charge in [0.2, 0.25) is 5.95 Å². The Labute approximate surface area is 93.8 Å². The van der Waals surface area contributed by atoms with Gasteiger partial charge in [0.1, 0.15) is 0 Å². The van der Waals surface area contributed by atoms with Crippen molar-refractivity contribution in [1.82, 2.24) is 4.98 Å². The van der Waals surface area contributed by atoms with Crippen molar-refractivity contribution in [3.05, 3.63) is 24.3 Å². The van der Waals surface area contributed by atoms with Gasteiger partial charge in [-0.3, -0.25) is 4.79 Å². The molecule has 1 aromatic heterocycles. The summed E-state index contributed by atoms with van der Waals surface area (Å²) < 4.78 is 49.6. The van der Waals surface area contributed by atoms with Gasteiger partial charge in [0.25, 0.3) is 5.91 Å². The van der Waals surface area contributed by atoms with Gasteiger partial charge < -0.3 is 11.1 Å². The molecule has 0 aliphatic rings. The first-order chi connectivity index (χ1) is 7.64. The summed E-state index contributed by atoms with van der Waals surface area (Å²) in [6.07, 6.45) is -4.00. The van der Waals surface area contributed by atoms with E-state index in [0.29, 0.717) is 6.92 Å². The van der Waals surface area contributed by atoms with Crippen LogP contribution >= 0.6 is 0 Å². The summed E-state index contributed by atoms with van der Waals surface area (Å²) >= 11 is 0. The topological polar surface area (TPSA) is 68.0 Å². The molecule has 0 aliphatic heterocycles. The molecule has 0 aromatic carbocycles. The Bertz CT molecular complexity index is 413.